The van der Waals surface area contributed by atoms with Crippen molar-refractivity contribution in [3.8, 4) is 11.5 Å². The van der Waals surface area contributed by atoms with Crippen LogP contribution in [0.3, 0.4) is 0 Å². The molecular formula is C14H16N2O. The van der Waals surface area contributed by atoms with Crippen molar-refractivity contribution in [1.82, 2.24) is 0 Å². The van der Waals surface area contributed by atoms with Crippen LogP contribution in [0.1, 0.15) is 12.5 Å². The predicted octanol–water partition coefficient (Wildman–Crippen LogP) is 3.21. The van der Waals surface area contributed by atoms with Gasteiger partial charge in [0, 0.05) is 6.07 Å². The van der Waals surface area contributed by atoms with Crippen molar-refractivity contribution in [2.75, 3.05) is 11.5 Å². The Kier molecular flexibility index (Phi) is 3.19. The molecule has 88 valence electrons. The minimum Gasteiger partial charge on any atom is -0.457 e. The van der Waals surface area contributed by atoms with Gasteiger partial charge in [-0.3, -0.25) is 0 Å². The average Bonchev–Trinajstić information content (AvgIpc) is 2.35. The van der Waals surface area contributed by atoms with Gasteiger partial charge in [0.15, 0.2) is 0 Å². The molecule has 0 aliphatic rings. The van der Waals surface area contributed by atoms with Crippen molar-refractivity contribution in [1.29, 1.82) is 0 Å². The first-order valence-corrected chi connectivity index (χ1v) is 5.61. The first kappa shape index (κ1) is 11.3. The lowest BCUT2D eigenvalue weighted by molar-refractivity contribution is 0.483. The van der Waals surface area contributed by atoms with E-state index < -0.39 is 0 Å². The maximum atomic E-state index is 5.71. The van der Waals surface area contributed by atoms with E-state index in [0.717, 1.165) is 12.2 Å². The Morgan fingerprint density at radius 2 is 1.53 bits per heavy atom. The largest absolute Gasteiger partial charge is 0.457 e. The van der Waals surface area contributed by atoms with E-state index >= 15 is 0 Å². The van der Waals surface area contributed by atoms with E-state index in [2.05, 4.69) is 19.1 Å². The Labute approximate surface area is 101 Å². The zero-order valence-electron chi connectivity index (χ0n) is 9.81. The van der Waals surface area contributed by atoms with Gasteiger partial charge in [-0.1, -0.05) is 19.1 Å². The topological polar surface area (TPSA) is 61.3 Å². The second-order valence-corrected chi connectivity index (χ2v) is 3.89. The van der Waals surface area contributed by atoms with Crippen molar-refractivity contribution < 1.29 is 4.74 Å². The van der Waals surface area contributed by atoms with Crippen LogP contribution in [0.15, 0.2) is 42.5 Å². The van der Waals surface area contributed by atoms with Gasteiger partial charge in [0.1, 0.15) is 11.5 Å². The maximum Gasteiger partial charge on any atom is 0.129 e. The van der Waals surface area contributed by atoms with Crippen LogP contribution in [0.4, 0.5) is 11.4 Å². The van der Waals surface area contributed by atoms with Crippen molar-refractivity contribution in [2.24, 2.45) is 0 Å². The quantitative estimate of drug-likeness (QED) is 0.793. The fourth-order valence-corrected chi connectivity index (χ4v) is 1.55. The molecule has 0 saturated heterocycles. The summed E-state index contributed by atoms with van der Waals surface area (Å²) >= 11 is 0. The Morgan fingerprint density at radius 3 is 2.12 bits per heavy atom. The van der Waals surface area contributed by atoms with E-state index in [9.17, 15) is 0 Å². The van der Waals surface area contributed by atoms with Gasteiger partial charge in [0.05, 0.1) is 11.4 Å². The van der Waals surface area contributed by atoms with E-state index in [4.69, 9.17) is 16.2 Å². The van der Waals surface area contributed by atoms with Gasteiger partial charge in [-0.05, 0) is 36.2 Å². The summed E-state index contributed by atoms with van der Waals surface area (Å²) in [4.78, 5) is 0. The summed E-state index contributed by atoms with van der Waals surface area (Å²) in [7, 11) is 0. The molecule has 17 heavy (non-hydrogen) atoms. The molecule has 2 rings (SSSR count). The summed E-state index contributed by atoms with van der Waals surface area (Å²) in [5.74, 6) is 1.49. The van der Waals surface area contributed by atoms with Crippen LogP contribution in [-0.2, 0) is 6.42 Å². The third-order valence-electron chi connectivity index (χ3n) is 2.63. The van der Waals surface area contributed by atoms with Crippen LogP contribution >= 0.6 is 0 Å². The van der Waals surface area contributed by atoms with Crippen LogP contribution in [0.25, 0.3) is 0 Å². The molecule has 0 aliphatic heterocycles. The lowest BCUT2D eigenvalue weighted by atomic mass is 10.2. The monoisotopic (exact) mass is 228 g/mol. The molecule has 0 unspecified atom stereocenters. The molecule has 0 spiro atoms. The van der Waals surface area contributed by atoms with Crippen LogP contribution in [0.5, 0.6) is 11.5 Å². The summed E-state index contributed by atoms with van der Waals surface area (Å²) < 4.78 is 5.68. The third-order valence-corrected chi connectivity index (χ3v) is 2.63. The van der Waals surface area contributed by atoms with Crippen molar-refractivity contribution in [3.63, 3.8) is 0 Å². The molecule has 0 amide bonds. The van der Waals surface area contributed by atoms with Crippen LogP contribution in [-0.4, -0.2) is 0 Å². The number of nitrogen functional groups attached to an aromatic ring is 2. The number of hydrogen-bond donors (Lipinski definition) is 2. The molecule has 3 heteroatoms. The third kappa shape index (κ3) is 2.69. The number of anilines is 2. The maximum absolute atomic E-state index is 5.71. The summed E-state index contributed by atoms with van der Waals surface area (Å²) in [6.45, 7) is 2.12. The van der Waals surface area contributed by atoms with Crippen molar-refractivity contribution in [2.45, 2.75) is 13.3 Å². The highest BCUT2D eigenvalue weighted by atomic mass is 16.5. The van der Waals surface area contributed by atoms with Gasteiger partial charge in [-0.15, -0.1) is 0 Å². The molecule has 2 aromatic rings. The van der Waals surface area contributed by atoms with Crippen LogP contribution in [0.2, 0.25) is 0 Å². The molecule has 0 saturated carbocycles. The summed E-state index contributed by atoms with van der Waals surface area (Å²) in [5.41, 5.74) is 13.7. The first-order valence-electron chi connectivity index (χ1n) is 5.61. The normalized spacial score (nSPS) is 10.2. The van der Waals surface area contributed by atoms with Gasteiger partial charge >= 0.3 is 0 Å². The Balaban J connectivity index is 2.16. The lowest BCUT2D eigenvalue weighted by Gasteiger charge is -2.08. The fraction of sp³-hybridized carbons (Fsp3) is 0.143. The number of benzene rings is 2. The highest BCUT2D eigenvalue weighted by molar-refractivity contribution is 5.65. The molecule has 0 aromatic heterocycles. The van der Waals surface area contributed by atoms with Crippen LogP contribution in [0, 0.1) is 0 Å². The minimum absolute atomic E-state index is 0.535. The Hall–Kier alpha value is -2.16. The lowest BCUT2D eigenvalue weighted by Crippen LogP contribution is -1.94. The molecule has 2 aromatic carbocycles. The second kappa shape index (κ2) is 4.78. The molecule has 0 bridgehead atoms. The zero-order chi connectivity index (χ0) is 12.3. The van der Waals surface area contributed by atoms with Crippen LogP contribution < -0.4 is 16.2 Å². The number of hydrogen-bond acceptors (Lipinski definition) is 3. The van der Waals surface area contributed by atoms with E-state index in [0.29, 0.717) is 17.1 Å². The average molecular weight is 228 g/mol. The highest BCUT2D eigenvalue weighted by Crippen LogP contribution is 2.26. The molecule has 3 nitrogen and oxygen atoms in total. The molecule has 0 heterocycles. The number of ether oxygens (including phenoxy) is 1. The fourth-order valence-electron chi connectivity index (χ4n) is 1.55. The first-order chi connectivity index (χ1) is 8.19. The van der Waals surface area contributed by atoms with Gasteiger partial charge in [-0.25, -0.2) is 0 Å². The van der Waals surface area contributed by atoms with E-state index in [1.54, 1.807) is 18.2 Å². The Morgan fingerprint density at radius 1 is 0.882 bits per heavy atom. The molecular weight excluding hydrogens is 212 g/mol. The standard InChI is InChI=1S/C14H16N2O/c1-2-10-3-5-11(6-4-10)17-12-7-8-13(15)14(16)9-12/h3-9H,2,15-16H2,1H3. The summed E-state index contributed by atoms with van der Waals surface area (Å²) in [6, 6.07) is 13.3. The molecule has 4 N–H and O–H groups in total. The van der Waals surface area contributed by atoms with Gasteiger partial charge in [0.2, 0.25) is 0 Å². The number of aryl methyl sites for hydroxylation is 1. The van der Waals surface area contributed by atoms with E-state index in [1.807, 2.05) is 12.1 Å². The van der Waals surface area contributed by atoms with Crippen molar-refractivity contribution >= 4 is 11.4 Å². The minimum atomic E-state index is 0.535. The number of rotatable bonds is 3. The summed E-state index contributed by atoms with van der Waals surface area (Å²) in [5, 5.41) is 0. The molecule has 0 atom stereocenters. The van der Waals surface area contributed by atoms with Crippen molar-refractivity contribution in [3.05, 3.63) is 48.0 Å². The predicted molar refractivity (Wildman–Crippen MR) is 71.2 cm³/mol. The van der Waals surface area contributed by atoms with E-state index in [1.165, 1.54) is 5.56 Å². The molecule has 0 aliphatic carbocycles. The molecule has 0 fully saturated rings. The highest BCUT2D eigenvalue weighted by Gasteiger charge is 2.00. The van der Waals surface area contributed by atoms with Gasteiger partial charge in [0.25, 0.3) is 0 Å². The van der Waals surface area contributed by atoms with E-state index in [-0.39, 0.29) is 0 Å². The van der Waals surface area contributed by atoms with Gasteiger partial charge < -0.3 is 16.2 Å². The van der Waals surface area contributed by atoms with Gasteiger partial charge in [-0.2, -0.15) is 0 Å². The summed E-state index contributed by atoms with van der Waals surface area (Å²) in [6.07, 6.45) is 1.02. The molecule has 0 radical (unpaired) electrons. The Bertz CT molecular complexity index is 506. The second-order valence-electron chi connectivity index (χ2n) is 3.89. The zero-order valence-corrected chi connectivity index (χ0v) is 9.81. The SMILES string of the molecule is CCc1ccc(Oc2ccc(N)c(N)c2)cc1. The number of nitrogens with two attached hydrogens (primary N) is 2. The smallest absolute Gasteiger partial charge is 0.129 e.